The van der Waals surface area contributed by atoms with Crippen molar-refractivity contribution in [2.75, 3.05) is 0 Å². The predicted octanol–water partition coefficient (Wildman–Crippen LogP) is 2.51. The largest absolute Gasteiger partial charge is 0.311 e. The van der Waals surface area contributed by atoms with Crippen molar-refractivity contribution in [1.82, 2.24) is 5.32 Å². The highest BCUT2D eigenvalue weighted by Gasteiger charge is 2.22. The highest BCUT2D eigenvalue weighted by Crippen LogP contribution is 2.20. The van der Waals surface area contributed by atoms with E-state index in [4.69, 9.17) is 0 Å². The number of benzene rings is 1. The number of halogens is 1. The molecule has 0 amide bonds. The van der Waals surface area contributed by atoms with E-state index in [1.54, 1.807) is 0 Å². The maximum Gasteiger partial charge on any atom is 0.123 e. The van der Waals surface area contributed by atoms with E-state index in [-0.39, 0.29) is 5.82 Å². The van der Waals surface area contributed by atoms with Crippen LogP contribution in [0.15, 0.2) is 24.3 Å². The average Bonchev–Trinajstić information content (AvgIpc) is 2.93. The first-order valence-electron chi connectivity index (χ1n) is 5.24. The number of hydrogen-bond acceptors (Lipinski definition) is 1. The topological polar surface area (TPSA) is 12.0 Å². The highest BCUT2D eigenvalue weighted by molar-refractivity contribution is 5.17. The molecule has 0 heterocycles. The van der Waals surface area contributed by atoms with Crippen LogP contribution in [0.5, 0.6) is 0 Å². The summed E-state index contributed by atoms with van der Waals surface area (Å²) in [6.07, 6.45) is 3.61. The molecular formula is C12H16FN. The van der Waals surface area contributed by atoms with E-state index < -0.39 is 0 Å². The van der Waals surface area contributed by atoms with E-state index in [1.165, 1.54) is 30.5 Å². The molecule has 1 atom stereocenters. The Labute approximate surface area is 84.3 Å². The third kappa shape index (κ3) is 2.81. The molecule has 0 saturated heterocycles. The zero-order chi connectivity index (χ0) is 9.97. The van der Waals surface area contributed by atoms with E-state index >= 15 is 0 Å². The van der Waals surface area contributed by atoms with Gasteiger partial charge in [0.25, 0.3) is 0 Å². The molecule has 76 valence electrons. The Morgan fingerprint density at radius 1 is 1.36 bits per heavy atom. The Bertz CT molecular complexity index is 290. The Morgan fingerprint density at radius 2 is 2.00 bits per heavy atom. The monoisotopic (exact) mass is 193 g/mol. The molecule has 1 aromatic carbocycles. The normalized spacial score (nSPS) is 18.1. The van der Waals surface area contributed by atoms with Gasteiger partial charge in [0.15, 0.2) is 0 Å². The molecule has 0 aromatic heterocycles. The second-order valence-corrected chi connectivity index (χ2v) is 4.17. The lowest BCUT2D eigenvalue weighted by Crippen LogP contribution is -2.29. The maximum absolute atomic E-state index is 12.6. The Balaban J connectivity index is 1.85. The molecule has 1 N–H and O–H groups in total. The van der Waals surface area contributed by atoms with Crippen molar-refractivity contribution in [3.63, 3.8) is 0 Å². The lowest BCUT2D eigenvalue weighted by molar-refractivity contribution is 0.541. The minimum atomic E-state index is -0.156. The lowest BCUT2D eigenvalue weighted by Gasteiger charge is -2.12. The molecule has 1 fully saturated rings. The molecule has 0 spiro atoms. The van der Waals surface area contributed by atoms with Crippen molar-refractivity contribution in [3.05, 3.63) is 35.6 Å². The zero-order valence-corrected chi connectivity index (χ0v) is 8.46. The SMILES string of the molecule is CC(Cc1ccc(F)cc1)NC1CC1. The summed E-state index contributed by atoms with van der Waals surface area (Å²) in [6.45, 7) is 2.18. The molecular weight excluding hydrogens is 177 g/mol. The van der Waals surface area contributed by atoms with Crippen molar-refractivity contribution >= 4 is 0 Å². The third-order valence-corrected chi connectivity index (χ3v) is 2.55. The Hall–Kier alpha value is -0.890. The summed E-state index contributed by atoms with van der Waals surface area (Å²) in [5.74, 6) is -0.156. The van der Waals surface area contributed by atoms with Gasteiger partial charge in [0, 0.05) is 12.1 Å². The first kappa shape index (κ1) is 9.66. The smallest absolute Gasteiger partial charge is 0.123 e. The quantitative estimate of drug-likeness (QED) is 0.774. The van der Waals surface area contributed by atoms with Gasteiger partial charge in [-0.25, -0.2) is 4.39 Å². The molecule has 14 heavy (non-hydrogen) atoms. The summed E-state index contributed by atoms with van der Waals surface area (Å²) in [7, 11) is 0. The number of rotatable bonds is 4. The molecule has 1 aliphatic rings. The van der Waals surface area contributed by atoms with E-state index in [2.05, 4.69) is 12.2 Å². The molecule has 2 heteroatoms. The summed E-state index contributed by atoms with van der Waals surface area (Å²) < 4.78 is 12.6. The van der Waals surface area contributed by atoms with Crippen LogP contribution in [0.4, 0.5) is 4.39 Å². The fourth-order valence-electron chi connectivity index (χ4n) is 1.69. The first-order chi connectivity index (χ1) is 6.74. The third-order valence-electron chi connectivity index (χ3n) is 2.55. The van der Waals surface area contributed by atoms with Gasteiger partial charge in [-0.05, 0) is 43.9 Å². The second-order valence-electron chi connectivity index (χ2n) is 4.17. The van der Waals surface area contributed by atoms with E-state index in [0.29, 0.717) is 6.04 Å². The van der Waals surface area contributed by atoms with Gasteiger partial charge in [0.1, 0.15) is 5.82 Å². The molecule has 0 aliphatic heterocycles. The van der Waals surface area contributed by atoms with Crippen LogP contribution >= 0.6 is 0 Å². The minimum absolute atomic E-state index is 0.156. The van der Waals surface area contributed by atoms with Crippen LogP contribution in [-0.4, -0.2) is 12.1 Å². The average molecular weight is 193 g/mol. The minimum Gasteiger partial charge on any atom is -0.311 e. The summed E-state index contributed by atoms with van der Waals surface area (Å²) in [5, 5.41) is 3.52. The van der Waals surface area contributed by atoms with Gasteiger partial charge in [0.05, 0.1) is 0 Å². The van der Waals surface area contributed by atoms with Gasteiger partial charge in [-0.3, -0.25) is 0 Å². The standard InChI is InChI=1S/C12H16FN/c1-9(14-12-6-7-12)8-10-2-4-11(13)5-3-10/h2-5,9,12,14H,6-8H2,1H3. The van der Waals surface area contributed by atoms with Crippen molar-refractivity contribution in [1.29, 1.82) is 0 Å². The van der Waals surface area contributed by atoms with Crippen LogP contribution in [0.3, 0.4) is 0 Å². The molecule has 1 unspecified atom stereocenters. The Kier molecular flexibility index (Phi) is 2.82. The van der Waals surface area contributed by atoms with Crippen molar-refractivity contribution in [2.24, 2.45) is 0 Å². The molecule has 0 bridgehead atoms. The molecule has 0 radical (unpaired) electrons. The van der Waals surface area contributed by atoms with Gasteiger partial charge in [-0.2, -0.15) is 0 Å². The number of hydrogen-bond donors (Lipinski definition) is 1. The molecule has 1 aromatic rings. The molecule has 1 saturated carbocycles. The number of nitrogens with one attached hydrogen (secondary N) is 1. The molecule has 1 aliphatic carbocycles. The van der Waals surface area contributed by atoms with Gasteiger partial charge >= 0.3 is 0 Å². The van der Waals surface area contributed by atoms with Crippen LogP contribution in [-0.2, 0) is 6.42 Å². The molecule has 1 nitrogen and oxygen atoms in total. The fourth-order valence-corrected chi connectivity index (χ4v) is 1.69. The van der Waals surface area contributed by atoms with Gasteiger partial charge in [-0.15, -0.1) is 0 Å². The van der Waals surface area contributed by atoms with Crippen LogP contribution in [0.2, 0.25) is 0 Å². The predicted molar refractivity (Wildman–Crippen MR) is 55.7 cm³/mol. The first-order valence-corrected chi connectivity index (χ1v) is 5.24. The van der Waals surface area contributed by atoms with Crippen LogP contribution in [0.25, 0.3) is 0 Å². The lowest BCUT2D eigenvalue weighted by atomic mass is 10.1. The van der Waals surface area contributed by atoms with Crippen LogP contribution < -0.4 is 5.32 Å². The van der Waals surface area contributed by atoms with Crippen LogP contribution in [0.1, 0.15) is 25.3 Å². The fraction of sp³-hybridized carbons (Fsp3) is 0.500. The van der Waals surface area contributed by atoms with Gasteiger partial charge < -0.3 is 5.32 Å². The second kappa shape index (κ2) is 4.09. The molecule has 2 rings (SSSR count). The van der Waals surface area contributed by atoms with E-state index in [9.17, 15) is 4.39 Å². The van der Waals surface area contributed by atoms with E-state index in [0.717, 1.165) is 12.5 Å². The summed E-state index contributed by atoms with van der Waals surface area (Å²) in [6, 6.07) is 8.01. The summed E-state index contributed by atoms with van der Waals surface area (Å²) >= 11 is 0. The van der Waals surface area contributed by atoms with Gasteiger partial charge in [0.2, 0.25) is 0 Å². The maximum atomic E-state index is 12.6. The van der Waals surface area contributed by atoms with E-state index in [1.807, 2.05) is 12.1 Å². The highest BCUT2D eigenvalue weighted by atomic mass is 19.1. The van der Waals surface area contributed by atoms with Crippen molar-refractivity contribution in [3.8, 4) is 0 Å². The summed E-state index contributed by atoms with van der Waals surface area (Å²) in [5.41, 5.74) is 1.20. The van der Waals surface area contributed by atoms with Crippen molar-refractivity contribution < 1.29 is 4.39 Å². The van der Waals surface area contributed by atoms with Crippen LogP contribution in [0, 0.1) is 5.82 Å². The zero-order valence-electron chi connectivity index (χ0n) is 8.46. The Morgan fingerprint density at radius 3 is 2.57 bits per heavy atom. The summed E-state index contributed by atoms with van der Waals surface area (Å²) in [4.78, 5) is 0. The van der Waals surface area contributed by atoms with Gasteiger partial charge in [-0.1, -0.05) is 12.1 Å². The van der Waals surface area contributed by atoms with Crippen molar-refractivity contribution in [2.45, 2.75) is 38.3 Å².